The Bertz CT molecular complexity index is 660. The Labute approximate surface area is 115 Å². The van der Waals surface area contributed by atoms with Gasteiger partial charge in [-0.3, -0.25) is 0 Å². The van der Waals surface area contributed by atoms with Crippen molar-refractivity contribution in [2.24, 2.45) is 0 Å². The van der Waals surface area contributed by atoms with Crippen molar-refractivity contribution in [1.29, 1.82) is 0 Å². The van der Waals surface area contributed by atoms with Crippen LogP contribution in [0.5, 0.6) is 5.75 Å². The van der Waals surface area contributed by atoms with Crippen molar-refractivity contribution in [1.82, 2.24) is 9.97 Å². The van der Waals surface area contributed by atoms with Gasteiger partial charge in [-0.15, -0.1) is 0 Å². The summed E-state index contributed by atoms with van der Waals surface area (Å²) in [6, 6.07) is 2.44. The van der Waals surface area contributed by atoms with E-state index in [1.165, 1.54) is 19.5 Å². The molecule has 0 radical (unpaired) electrons. The predicted octanol–water partition coefficient (Wildman–Crippen LogP) is 3.86. The first-order valence-electron chi connectivity index (χ1n) is 4.81. The molecule has 0 aliphatic heterocycles. The number of benzene rings is 1. The molecule has 0 amide bonds. The molecule has 0 unspecified atom stereocenters. The molecule has 0 bridgehead atoms. The third-order valence-corrected chi connectivity index (χ3v) is 3.21. The van der Waals surface area contributed by atoms with Gasteiger partial charge in [0.1, 0.15) is 11.6 Å². The van der Waals surface area contributed by atoms with E-state index in [1.54, 1.807) is 0 Å². The average Bonchev–Trinajstić information content (AvgIpc) is 2.35. The number of ether oxygens (including phenoxy) is 1. The van der Waals surface area contributed by atoms with Crippen molar-refractivity contribution >= 4 is 28.1 Å². The van der Waals surface area contributed by atoms with Crippen molar-refractivity contribution in [3.8, 4) is 17.0 Å². The molecule has 2 rings (SSSR count). The smallest absolute Gasteiger partial charge is 0.179 e. The highest BCUT2D eigenvalue weighted by molar-refractivity contribution is 9.10. The monoisotopic (exact) mass is 332 g/mol. The fraction of sp³-hybridized carbons (Fsp3) is 0.0909. The maximum atomic E-state index is 14.0. The van der Waals surface area contributed by atoms with Gasteiger partial charge in [0.15, 0.2) is 10.4 Å². The van der Waals surface area contributed by atoms with Crippen molar-refractivity contribution in [3.05, 3.63) is 39.2 Å². The lowest BCUT2D eigenvalue weighted by Crippen LogP contribution is -1.99. The summed E-state index contributed by atoms with van der Waals surface area (Å²) in [5, 5.41) is 0. The molecule has 1 heterocycles. The number of methoxy groups -OCH3 is 1. The largest absolute Gasteiger partial charge is 0.491 e. The molecule has 1 aromatic heterocycles. The Kier molecular flexibility index (Phi) is 3.72. The van der Waals surface area contributed by atoms with E-state index in [-0.39, 0.29) is 26.1 Å². The van der Waals surface area contributed by atoms with Gasteiger partial charge in [-0.05, 0) is 28.1 Å². The number of halogens is 3. The Morgan fingerprint density at radius 3 is 2.78 bits per heavy atom. The molecule has 0 saturated heterocycles. The fourth-order valence-corrected chi connectivity index (χ4v) is 2.09. The standard InChI is InChI=1S/C11H7BrF2N2OS/c1-17-10-9(15-4-16-11(10)18)7-6(13)3-2-5(12)8(7)14/h2-4H,1H3,(H,15,16,18). The van der Waals surface area contributed by atoms with E-state index in [0.717, 1.165) is 6.07 Å². The van der Waals surface area contributed by atoms with E-state index >= 15 is 0 Å². The Morgan fingerprint density at radius 2 is 2.11 bits per heavy atom. The minimum absolute atomic E-state index is 0.119. The van der Waals surface area contributed by atoms with Crippen LogP contribution in [0.1, 0.15) is 0 Å². The molecule has 1 N–H and O–H groups in total. The second kappa shape index (κ2) is 5.11. The van der Waals surface area contributed by atoms with E-state index in [2.05, 4.69) is 25.9 Å². The molecule has 0 spiro atoms. The topological polar surface area (TPSA) is 37.9 Å². The highest BCUT2D eigenvalue weighted by atomic mass is 79.9. The third kappa shape index (κ3) is 2.15. The summed E-state index contributed by atoms with van der Waals surface area (Å²) in [7, 11) is 1.36. The summed E-state index contributed by atoms with van der Waals surface area (Å²) >= 11 is 7.95. The van der Waals surface area contributed by atoms with Crippen molar-refractivity contribution < 1.29 is 13.5 Å². The molecular formula is C11H7BrF2N2OS. The van der Waals surface area contributed by atoms with Crippen LogP contribution < -0.4 is 4.74 Å². The fourth-order valence-electron chi connectivity index (χ4n) is 1.52. The van der Waals surface area contributed by atoms with Gasteiger partial charge in [-0.25, -0.2) is 13.8 Å². The number of aromatic amines is 1. The van der Waals surface area contributed by atoms with Crippen LogP contribution in [0.25, 0.3) is 11.3 Å². The number of H-pyrrole nitrogens is 1. The van der Waals surface area contributed by atoms with Crippen LogP contribution in [0.15, 0.2) is 22.9 Å². The van der Waals surface area contributed by atoms with E-state index < -0.39 is 11.6 Å². The summed E-state index contributed by atoms with van der Waals surface area (Å²) in [6.45, 7) is 0. The van der Waals surface area contributed by atoms with Crippen molar-refractivity contribution in [2.45, 2.75) is 0 Å². The number of nitrogens with one attached hydrogen (secondary N) is 1. The first kappa shape index (κ1) is 13.1. The molecule has 3 nitrogen and oxygen atoms in total. The lowest BCUT2D eigenvalue weighted by molar-refractivity contribution is 0.410. The highest BCUT2D eigenvalue weighted by Gasteiger charge is 2.19. The Balaban J connectivity index is 2.81. The molecule has 94 valence electrons. The summed E-state index contributed by atoms with van der Waals surface area (Å²) in [6.07, 6.45) is 1.26. The van der Waals surface area contributed by atoms with Gasteiger partial charge in [0.2, 0.25) is 0 Å². The van der Waals surface area contributed by atoms with Crippen LogP contribution in [0.2, 0.25) is 0 Å². The predicted molar refractivity (Wildman–Crippen MR) is 69.0 cm³/mol. The molecule has 0 aliphatic rings. The zero-order valence-electron chi connectivity index (χ0n) is 9.13. The molecule has 0 saturated carbocycles. The number of hydrogen-bond donors (Lipinski definition) is 1. The maximum absolute atomic E-state index is 14.0. The number of nitrogens with zero attached hydrogens (tertiary/aromatic N) is 1. The first-order valence-corrected chi connectivity index (χ1v) is 6.02. The van der Waals surface area contributed by atoms with Gasteiger partial charge in [0.25, 0.3) is 0 Å². The normalized spacial score (nSPS) is 10.4. The quantitative estimate of drug-likeness (QED) is 0.670. The zero-order chi connectivity index (χ0) is 13.3. The van der Waals surface area contributed by atoms with Crippen molar-refractivity contribution in [2.75, 3.05) is 7.11 Å². The average molecular weight is 333 g/mol. The van der Waals surface area contributed by atoms with Gasteiger partial charge < -0.3 is 9.72 Å². The van der Waals surface area contributed by atoms with Gasteiger partial charge in [0, 0.05) is 0 Å². The minimum Gasteiger partial charge on any atom is -0.491 e. The van der Waals surface area contributed by atoms with E-state index in [0.29, 0.717) is 0 Å². The van der Waals surface area contributed by atoms with Crippen LogP contribution >= 0.6 is 28.1 Å². The van der Waals surface area contributed by atoms with Gasteiger partial charge >= 0.3 is 0 Å². The molecule has 7 heteroatoms. The molecule has 0 aliphatic carbocycles. The van der Waals surface area contributed by atoms with Crippen LogP contribution in [-0.2, 0) is 0 Å². The maximum Gasteiger partial charge on any atom is 0.179 e. The zero-order valence-corrected chi connectivity index (χ0v) is 11.5. The van der Waals surface area contributed by atoms with E-state index in [1.807, 2.05) is 0 Å². The Hall–Kier alpha value is -1.34. The van der Waals surface area contributed by atoms with Crippen LogP contribution in [0.3, 0.4) is 0 Å². The molecule has 0 atom stereocenters. The van der Waals surface area contributed by atoms with Crippen molar-refractivity contribution in [3.63, 3.8) is 0 Å². The van der Waals surface area contributed by atoms with Crippen LogP contribution in [-0.4, -0.2) is 17.1 Å². The molecular weight excluding hydrogens is 326 g/mol. The second-order valence-electron chi connectivity index (χ2n) is 3.33. The number of hydrogen-bond acceptors (Lipinski definition) is 3. The lowest BCUT2D eigenvalue weighted by atomic mass is 10.1. The van der Waals surface area contributed by atoms with E-state index in [9.17, 15) is 8.78 Å². The highest BCUT2D eigenvalue weighted by Crippen LogP contribution is 2.34. The Morgan fingerprint density at radius 1 is 1.39 bits per heavy atom. The first-order chi connectivity index (χ1) is 8.56. The van der Waals surface area contributed by atoms with Gasteiger partial charge in [-0.1, -0.05) is 12.2 Å². The van der Waals surface area contributed by atoms with E-state index in [4.69, 9.17) is 17.0 Å². The minimum atomic E-state index is -0.731. The number of rotatable bonds is 2. The molecule has 1 aromatic carbocycles. The summed E-state index contributed by atoms with van der Waals surface area (Å²) in [5.41, 5.74) is -0.122. The molecule has 2 aromatic rings. The van der Waals surface area contributed by atoms with Gasteiger partial charge in [-0.2, -0.15) is 0 Å². The summed E-state index contributed by atoms with van der Waals surface area (Å²) in [5.74, 6) is -1.32. The molecule has 0 fully saturated rings. The molecule has 18 heavy (non-hydrogen) atoms. The lowest BCUT2D eigenvalue weighted by Gasteiger charge is -2.10. The van der Waals surface area contributed by atoms with Crippen LogP contribution in [0, 0.1) is 16.3 Å². The van der Waals surface area contributed by atoms with Gasteiger partial charge in [0.05, 0.1) is 29.2 Å². The summed E-state index contributed by atoms with van der Waals surface area (Å²) < 4.78 is 33.1. The SMILES string of the molecule is COc1c(-c2c(F)ccc(Br)c2F)[nH]cnc1=S. The summed E-state index contributed by atoms with van der Waals surface area (Å²) in [4.78, 5) is 6.45. The van der Waals surface area contributed by atoms with Crippen LogP contribution in [0.4, 0.5) is 8.78 Å². The number of aromatic nitrogens is 2. The second-order valence-corrected chi connectivity index (χ2v) is 4.58. The third-order valence-electron chi connectivity index (χ3n) is 2.31.